The van der Waals surface area contributed by atoms with Crippen molar-refractivity contribution in [3.8, 4) is 0 Å². The Morgan fingerprint density at radius 1 is 1.77 bits per heavy atom. The summed E-state index contributed by atoms with van der Waals surface area (Å²) in [6.07, 6.45) is 5.66. The molecular weight excluding hydrogens is 170 g/mol. The molecule has 0 unspecified atom stereocenters. The van der Waals surface area contributed by atoms with Crippen LogP contribution in [0.4, 0.5) is 0 Å². The second-order valence-electron chi connectivity index (χ2n) is 2.20. The van der Waals surface area contributed by atoms with Crippen molar-refractivity contribution in [3.05, 3.63) is 30.2 Å². The maximum absolute atomic E-state index is 10.1. The van der Waals surface area contributed by atoms with Gasteiger partial charge in [-0.15, -0.1) is 0 Å². The Kier molecular flexibility index (Phi) is 3.50. The zero-order chi connectivity index (χ0) is 9.52. The molecule has 1 heterocycles. The molecule has 0 saturated heterocycles. The topological polar surface area (TPSA) is 51.8 Å². The molecule has 0 aliphatic rings. The summed E-state index contributed by atoms with van der Waals surface area (Å²) in [5.74, 6) is 0.468. The molecule has 0 aromatic carbocycles. The van der Waals surface area contributed by atoms with Crippen molar-refractivity contribution in [2.45, 2.75) is 6.42 Å². The summed E-state index contributed by atoms with van der Waals surface area (Å²) < 4.78 is 4.85. The Morgan fingerprint density at radius 2 is 2.62 bits per heavy atom. The highest BCUT2D eigenvalue weighted by Gasteiger charge is 2.03. The van der Waals surface area contributed by atoms with E-state index in [1.807, 2.05) is 0 Å². The Balaban J connectivity index is 2.79. The quantitative estimate of drug-likeness (QED) is 0.300. The molecule has 0 atom stereocenters. The number of hydrogen-bond donors (Lipinski definition) is 0. The molecule has 4 heteroatoms. The van der Waals surface area contributed by atoms with Crippen molar-refractivity contribution < 1.29 is 14.0 Å². The summed E-state index contributed by atoms with van der Waals surface area (Å²) in [6, 6.07) is 1.71. The lowest BCUT2D eigenvalue weighted by Gasteiger charge is -1.98. The molecule has 0 fully saturated rings. The van der Waals surface area contributed by atoms with Gasteiger partial charge >= 0.3 is 0 Å². The number of nitrogens with zero attached hydrogens (tertiary/aromatic N) is 1. The molecule has 0 bridgehead atoms. The number of hydrogen-bond acceptors (Lipinski definition) is 4. The number of oxime groups is 1. The lowest BCUT2D eigenvalue weighted by molar-refractivity contribution is -0.107. The predicted octanol–water partition coefficient (Wildman–Crippen LogP) is 1.84. The van der Waals surface area contributed by atoms with Crippen LogP contribution in [-0.4, -0.2) is 13.0 Å². The first-order valence-corrected chi connectivity index (χ1v) is 3.68. The summed E-state index contributed by atoms with van der Waals surface area (Å²) in [5.41, 5.74) is 0.731. The standard InChI is InChI=1S/C9H9NO3/c1-10-13-9(3-2-5-11)8-4-6-12-7-8/h3-7H,1-2H2/b9-3-. The van der Waals surface area contributed by atoms with Crippen molar-refractivity contribution in [2.24, 2.45) is 5.16 Å². The summed E-state index contributed by atoms with van der Waals surface area (Å²) in [6.45, 7) is 3.19. The third kappa shape index (κ3) is 2.59. The average Bonchev–Trinajstić information content (AvgIpc) is 2.65. The van der Waals surface area contributed by atoms with Crippen molar-refractivity contribution in [2.75, 3.05) is 0 Å². The highest BCUT2D eigenvalue weighted by Crippen LogP contribution is 2.16. The fourth-order valence-corrected chi connectivity index (χ4v) is 0.837. The second kappa shape index (κ2) is 4.92. The first-order chi connectivity index (χ1) is 6.38. The van der Waals surface area contributed by atoms with Crippen molar-refractivity contribution >= 4 is 18.8 Å². The lowest BCUT2D eigenvalue weighted by atomic mass is 10.2. The van der Waals surface area contributed by atoms with Crippen LogP contribution in [0, 0.1) is 0 Å². The molecule has 0 saturated carbocycles. The van der Waals surface area contributed by atoms with Crippen LogP contribution in [0.3, 0.4) is 0 Å². The highest BCUT2D eigenvalue weighted by molar-refractivity contribution is 5.63. The number of carbonyl (C=O) groups is 1. The molecule has 1 rings (SSSR count). The van der Waals surface area contributed by atoms with Crippen molar-refractivity contribution in [1.29, 1.82) is 0 Å². The van der Waals surface area contributed by atoms with Gasteiger partial charge in [-0.2, -0.15) is 0 Å². The van der Waals surface area contributed by atoms with Gasteiger partial charge in [-0.1, -0.05) is 5.16 Å². The van der Waals surface area contributed by atoms with Gasteiger partial charge in [-0.3, -0.25) is 0 Å². The molecule has 0 N–H and O–H groups in total. The van der Waals surface area contributed by atoms with E-state index in [2.05, 4.69) is 11.9 Å². The fraction of sp³-hybridized carbons (Fsp3) is 0.111. The van der Waals surface area contributed by atoms with E-state index in [1.165, 1.54) is 12.5 Å². The van der Waals surface area contributed by atoms with E-state index < -0.39 is 0 Å². The summed E-state index contributed by atoms with van der Waals surface area (Å²) in [5, 5.41) is 3.27. The Morgan fingerprint density at radius 3 is 3.15 bits per heavy atom. The molecule has 1 aromatic heterocycles. The highest BCUT2D eigenvalue weighted by atomic mass is 16.6. The SMILES string of the molecule is C=NO/C(=C\CC=O)c1ccoc1. The van der Waals surface area contributed by atoms with Gasteiger partial charge in [0.25, 0.3) is 0 Å². The van der Waals surface area contributed by atoms with Crippen LogP contribution < -0.4 is 0 Å². The van der Waals surface area contributed by atoms with Crippen molar-refractivity contribution in [3.63, 3.8) is 0 Å². The number of aldehydes is 1. The minimum absolute atomic E-state index is 0.274. The van der Waals surface area contributed by atoms with Crippen LogP contribution in [0.25, 0.3) is 5.76 Å². The molecule has 0 radical (unpaired) electrons. The van der Waals surface area contributed by atoms with E-state index in [0.717, 1.165) is 11.8 Å². The van der Waals surface area contributed by atoms with Gasteiger partial charge in [-0.05, 0) is 12.1 Å². The van der Waals surface area contributed by atoms with Gasteiger partial charge in [0, 0.05) is 13.1 Å². The normalized spacial score (nSPS) is 10.9. The van der Waals surface area contributed by atoms with E-state index in [4.69, 9.17) is 9.25 Å². The molecule has 4 nitrogen and oxygen atoms in total. The zero-order valence-electron chi connectivity index (χ0n) is 6.97. The first kappa shape index (κ1) is 9.25. The monoisotopic (exact) mass is 179 g/mol. The number of furan rings is 1. The number of rotatable bonds is 5. The van der Waals surface area contributed by atoms with E-state index >= 15 is 0 Å². The second-order valence-corrected chi connectivity index (χ2v) is 2.20. The van der Waals surface area contributed by atoms with Gasteiger partial charge in [0.05, 0.1) is 11.8 Å². The van der Waals surface area contributed by atoms with E-state index in [9.17, 15) is 4.79 Å². The zero-order valence-corrected chi connectivity index (χ0v) is 6.97. The minimum atomic E-state index is 0.274. The van der Waals surface area contributed by atoms with E-state index in [1.54, 1.807) is 12.1 Å². The molecule has 13 heavy (non-hydrogen) atoms. The van der Waals surface area contributed by atoms with Crippen LogP contribution in [0.15, 0.2) is 34.2 Å². The van der Waals surface area contributed by atoms with Gasteiger partial charge in [0.1, 0.15) is 12.5 Å². The Labute approximate surface area is 75.5 Å². The summed E-state index contributed by atoms with van der Waals surface area (Å²) in [7, 11) is 0. The third-order valence-corrected chi connectivity index (χ3v) is 1.37. The average molecular weight is 179 g/mol. The first-order valence-electron chi connectivity index (χ1n) is 3.68. The predicted molar refractivity (Wildman–Crippen MR) is 48.0 cm³/mol. The maximum atomic E-state index is 10.1. The van der Waals surface area contributed by atoms with Crippen LogP contribution in [-0.2, 0) is 9.63 Å². The van der Waals surface area contributed by atoms with Gasteiger partial charge in [0.15, 0.2) is 5.76 Å². The minimum Gasteiger partial charge on any atom is -0.472 e. The molecule has 1 aromatic rings. The fourth-order valence-electron chi connectivity index (χ4n) is 0.837. The molecule has 68 valence electrons. The van der Waals surface area contributed by atoms with Crippen LogP contribution in [0.5, 0.6) is 0 Å². The third-order valence-electron chi connectivity index (χ3n) is 1.37. The largest absolute Gasteiger partial charge is 0.472 e. The van der Waals surface area contributed by atoms with Gasteiger partial charge in [-0.25, -0.2) is 0 Å². The Hall–Kier alpha value is -1.84. The van der Waals surface area contributed by atoms with E-state index in [0.29, 0.717) is 5.76 Å². The maximum Gasteiger partial charge on any atom is 0.164 e. The number of allylic oxidation sites excluding steroid dienone is 1. The molecule has 0 spiro atoms. The van der Waals surface area contributed by atoms with Crippen LogP contribution in [0.2, 0.25) is 0 Å². The van der Waals surface area contributed by atoms with Crippen molar-refractivity contribution in [1.82, 2.24) is 0 Å². The summed E-state index contributed by atoms with van der Waals surface area (Å²) >= 11 is 0. The molecule has 0 amide bonds. The lowest BCUT2D eigenvalue weighted by Crippen LogP contribution is -1.84. The van der Waals surface area contributed by atoms with Gasteiger partial charge in [0.2, 0.25) is 0 Å². The summed E-state index contributed by atoms with van der Waals surface area (Å²) in [4.78, 5) is 15.0. The van der Waals surface area contributed by atoms with Crippen LogP contribution >= 0.6 is 0 Å². The molecular formula is C9H9NO3. The molecule has 0 aliphatic carbocycles. The smallest absolute Gasteiger partial charge is 0.164 e. The van der Waals surface area contributed by atoms with Crippen LogP contribution in [0.1, 0.15) is 12.0 Å². The van der Waals surface area contributed by atoms with E-state index in [-0.39, 0.29) is 6.42 Å². The van der Waals surface area contributed by atoms with Gasteiger partial charge < -0.3 is 14.0 Å². The molecule has 0 aliphatic heterocycles. The number of carbonyl (C=O) groups excluding carboxylic acids is 1. The Bertz CT molecular complexity index is 301.